The molecule has 0 aromatic heterocycles. The van der Waals surface area contributed by atoms with Crippen LogP contribution in [0.1, 0.15) is 49.7 Å². The number of ether oxygens (including phenoxy) is 2. The van der Waals surface area contributed by atoms with Crippen LogP contribution in [0.4, 0.5) is 0 Å². The summed E-state index contributed by atoms with van der Waals surface area (Å²) >= 11 is 0. The minimum absolute atomic E-state index is 0.110. The van der Waals surface area contributed by atoms with E-state index in [0.29, 0.717) is 17.2 Å². The van der Waals surface area contributed by atoms with Gasteiger partial charge in [0.2, 0.25) is 0 Å². The molecule has 2 aromatic carbocycles. The summed E-state index contributed by atoms with van der Waals surface area (Å²) in [5.74, 6) is 1.66. The Balaban J connectivity index is 1.68. The van der Waals surface area contributed by atoms with Gasteiger partial charge in [0, 0.05) is 11.6 Å². The van der Waals surface area contributed by atoms with Gasteiger partial charge in [0.1, 0.15) is 19.0 Å². The van der Waals surface area contributed by atoms with Gasteiger partial charge in [-0.1, -0.05) is 62.7 Å². The number of aliphatic hydroxyl groups is 1. The lowest BCUT2D eigenvalue weighted by Gasteiger charge is -2.26. The Bertz CT molecular complexity index is 817. The molecule has 1 fully saturated rings. The van der Waals surface area contributed by atoms with E-state index >= 15 is 0 Å². The average Bonchev–Trinajstić information content (AvgIpc) is 2.77. The van der Waals surface area contributed by atoms with Gasteiger partial charge in [0.15, 0.2) is 0 Å². The quantitative estimate of drug-likeness (QED) is 0.378. The largest absolute Gasteiger partial charge is 0.490 e. The van der Waals surface area contributed by atoms with Gasteiger partial charge in [0.25, 0.3) is 0 Å². The van der Waals surface area contributed by atoms with Crippen LogP contribution in [0, 0.1) is 5.92 Å². The first kappa shape index (κ1) is 21.1. The molecule has 0 amide bonds. The topological polar surface area (TPSA) is 55.8 Å². The molecule has 0 aliphatic heterocycles. The zero-order valence-corrected chi connectivity index (χ0v) is 17.1. The molecule has 2 aromatic rings. The highest BCUT2D eigenvalue weighted by atomic mass is 16.6. The Morgan fingerprint density at radius 3 is 2.41 bits per heavy atom. The zero-order valence-electron chi connectivity index (χ0n) is 17.1. The van der Waals surface area contributed by atoms with Crippen LogP contribution in [0.5, 0.6) is 5.75 Å². The first-order valence-corrected chi connectivity index (χ1v) is 10.4. The molecule has 0 radical (unpaired) electrons. The fraction of sp³-hybridized carbons (Fsp3) is 0.400. The van der Waals surface area contributed by atoms with E-state index < -0.39 is 5.97 Å². The summed E-state index contributed by atoms with van der Waals surface area (Å²) in [5.41, 5.74) is 4.28. The molecule has 4 nitrogen and oxygen atoms in total. The second-order valence-corrected chi connectivity index (χ2v) is 7.78. The summed E-state index contributed by atoms with van der Waals surface area (Å²) in [7, 11) is 0. The summed E-state index contributed by atoms with van der Waals surface area (Å²) < 4.78 is 10.7. The minimum atomic E-state index is -0.475. The number of carbonyl (C=O) groups is 1. The van der Waals surface area contributed by atoms with Gasteiger partial charge in [-0.3, -0.25) is 0 Å². The van der Waals surface area contributed by atoms with E-state index in [1.54, 1.807) is 0 Å². The number of rotatable bonds is 8. The van der Waals surface area contributed by atoms with E-state index in [2.05, 4.69) is 37.8 Å². The van der Waals surface area contributed by atoms with Crippen molar-refractivity contribution in [1.82, 2.24) is 0 Å². The number of hydrogen-bond acceptors (Lipinski definition) is 4. The molecule has 29 heavy (non-hydrogen) atoms. The lowest BCUT2D eigenvalue weighted by Crippen LogP contribution is -2.11. The van der Waals surface area contributed by atoms with Crippen molar-refractivity contribution in [2.45, 2.75) is 45.1 Å². The van der Waals surface area contributed by atoms with E-state index in [-0.39, 0.29) is 19.8 Å². The average molecular weight is 395 g/mol. The third-order valence-corrected chi connectivity index (χ3v) is 5.72. The van der Waals surface area contributed by atoms with Crippen LogP contribution < -0.4 is 4.74 Å². The first-order valence-electron chi connectivity index (χ1n) is 10.4. The molecule has 1 aliphatic carbocycles. The fourth-order valence-electron chi connectivity index (χ4n) is 3.89. The monoisotopic (exact) mass is 394 g/mol. The summed E-state index contributed by atoms with van der Waals surface area (Å²) in [4.78, 5) is 11.1. The second-order valence-electron chi connectivity index (χ2n) is 7.78. The smallest absolute Gasteiger partial charge is 0.330 e. The van der Waals surface area contributed by atoms with Crippen molar-refractivity contribution in [2.75, 3.05) is 13.2 Å². The van der Waals surface area contributed by atoms with Gasteiger partial charge in [-0.05, 0) is 47.4 Å². The SMILES string of the molecule is C=CC(=O)OCCOc1cc(-c2ccc(C3CCC(C)CC3)cc2)ccc1CO. The maximum absolute atomic E-state index is 11.1. The number of benzene rings is 2. The maximum atomic E-state index is 11.1. The Labute approximate surface area is 173 Å². The molecule has 0 bridgehead atoms. The van der Waals surface area contributed by atoms with Gasteiger partial charge < -0.3 is 14.6 Å². The predicted molar refractivity (Wildman–Crippen MR) is 115 cm³/mol. The van der Waals surface area contributed by atoms with Crippen LogP contribution in [0.3, 0.4) is 0 Å². The molecule has 1 saturated carbocycles. The molecule has 154 valence electrons. The molecule has 1 N–H and O–H groups in total. The Morgan fingerprint density at radius 2 is 1.76 bits per heavy atom. The van der Waals surface area contributed by atoms with Crippen LogP contribution in [0.25, 0.3) is 11.1 Å². The lowest BCUT2D eigenvalue weighted by atomic mass is 9.79. The first-order chi connectivity index (χ1) is 14.1. The number of hydrogen-bond donors (Lipinski definition) is 1. The molecule has 0 spiro atoms. The van der Waals surface area contributed by atoms with Crippen LogP contribution in [-0.2, 0) is 16.1 Å². The fourth-order valence-corrected chi connectivity index (χ4v) is 3.89. The van der Waals surface area contributed by atoms with E-state index in [1.165, 1.54) is 31.2 Å². The molecule has 0 saturated heterocycles. The molecule has 4 heteroatoms. The highest BCUT2D eigenvalue weighted by molar-refractivity contribution is 5.81. The van der Waals surface area contributed by atoms with E-state index in [0.717, 1.165) is 23.1 Å². The van der Waals surface area contributed by atoms with Crippen LogP contribution in [0.15, 0.2) is 55.1 Å². The minimum Gasteiger partial charge on any atom is -0.490 e. The van der Waals surface area contributed by atoms with Crippen LogP contribution >= 0.6 is 0 Å². The lowest BCUT2D eigenvalue weighted by molar-refractivity contribution is -0.138. The van der Waals surface area contributed by atoms with E-state index in [4.69, 9.17) is 9.47 Å². The number of aliphatic hydroxyl groups excluding tert-OH is 1. The molecule has 1 aliphatic rings. The van der Waals surface area contributed by atoms with Crippen molar-refractivity contribution in [2.24, 2.45) is 5.92 Å². The van der Waals surface area contributed by atoms with Crippen LogP contribution in [-0.4, -0.2) is 24.3 Å². The van der Waals surface area contributed by atoms with E-state index in [1.807, 2.05) is 18.2 Å². The molecule has 0 atom stereocenters. The predicted octanol–water partition coefficient (Wildman–Crippen LogP) is 5.25. The Hall–Kier alpha value is -2.59. The van der Waals surface area contributed by atoms with Crippen molar-refractivity contribution in [3.05, 3.63) is 66.2 Å². The molecule has 0 unspecified atom stereocenters. The van der Waals surface area contributed by atoms with Gasteiger partial charge in [-0.25, -0.2) is 4.79 Å². The zero-order chi connectivity index (χ0) is 20.6. The van der Waals surface area contributed by atoms with Gasteiger partial charge in [-0.2, -0.15) is 0 Å². The van der Waals surface area contributed by atoms with E-state index in [9.17, 15) is 9.90 Å². The van der Waals surface area contributed by atoms with Gasteiger partial charge >= 0.3 is 5.97 Å². The maximum Gasteiger partial charge on any atom is 0.330 e. The summed E-state index contributed by atoms with van der Waals surface area (Å²) in [6, 6.07) is 14.6. The Kier molecular flexibility index (Phi) is 7.48. The third-order valence-electron chi connectivity index (χ3n) is 5.72. The van der Waals surface area contributed by atoms with Gasteiger partial charge in [-0.15, -0.1) is 0 Å². The molecule has 3 rings (SSSR count). The second kappa shape index (κ2) is 10.3. The summed E-state index contributed by atoms with van der Waals surface area (Å²) in [5, 5.41) is 9.58. The van der Waals surface area contributed by atoms with Crippen LogP contribution in [0.2, 0.25) is 0 Å². The molecular formula is C25H30O4. The normalized spacial score (nSPS) is 18.8. The number of carbonyl (C=O) groups excluding carboxylic acids is 1. The molecule has 0 heterocycles. The molecular weight excluding hydrogens is 364 g/mol. The number of esters is 1. The highest BCUT2D eigenvalue weighted by Gasteiger charge is 2.19. The standard InChI is InChI=1S/C25H30O4/c1-3-25(27)29-15-14-28-24-16-22(12-13-23(24)17-26)21-10-8-20(9-11-21)19-6-4-18(2)5-7-19/h3,8-13,16,18-19,26H,1,4-7,14-15,17H2,2H3. The highest BCUT2D eigenvalue weighted by Crippen LogP contribution is 2.36. The van der Waals surface area contributed by atoms with Crippen molar-refractivity contribution in [3.8, 4) is 16.9 Å². The van der Waals surface area contributed by atoms with Crippen molar-refractivity contribution < 1.29 is 19.4 Å². The Morgan fingerprint density at radius 1 is 1.07 bits per heavy atom. The summed E-state index contributed by atoms with van der Waals surface area (Å²) in [6.45, 7) is 5.95. The van der Waals surface area contributed by atoms with Crippen molar-refractivity contribution in [1.29, 1.82) is 0 Å². The van der Waals surface area contributed by atoms with Crippen molar-refractivity contribution >= 4 is 5.97 Å². The van der Waals surface area contributed by atoms with Crippen molar-refractivity contribution in [3.63, 3.8) is 0 Å². The van der Waals surface area contributed by atoms with Gasteiger partial charge in [0.05, 0.1) is 6.61 Å². The summed E-state index contributed by atoms with van der Waals surface area (Å²) in [6.07, 6.45) is 6.31. The third kappa shape index (κ3) is 5.70.